The van der Waals surface area contributed by atoms with Gasteiger partial charge >= 0.3 is 0 Å². The second-order valence-corrected chi connectivity index (χ2v) is 6.13. The summed E-state index contributed by atoms with van der Waals surface area (Å²) in [5, 5.41) is 14.2. The number of benzene rings is 1. The molecule has 0 unspecified atom stereocenters. The van der Waals surface area contributed by atoms with Gasteiger partial charge in [0.1, 0.15) is 5.69 Å². The Kier molecular flexibility index (Phi) is 6.00. The minimum Gasteiger partial charge on any atom is -0.378 e. The maximum absolute atomic E-state index is 12.0. The van der Waals surface area contributed by atoms with Crippen LogP contribution in [0.25, 0.3) is 6.08 Å². The van der Waals surface area contributed by atoms with Gasteiger partial charge in [-0.2, -0.15) is 0 Å². The molecule has 1 aliphatic heterocycles. The standard InChI is InChI=1S/C18H17ClN4O4/c19-18-14(2-1-7-20-18)21-17(24)6-4-13-3-5-15(16(12-13)23(25)26)22-8-10-27-11-9-22/h1-7,12H,8-11H2,(H,21,24)/b6-4+. The quantitative estimate of drug-likeness (QED) is 0.366. The Balaban J connectivity index is 1.75. The molecular weight excluding hydrogens is 372 g/mol. The van der Waals surface area contributed by atoms with Crippen LogP contribution in [-0.2, 0) is 9.53 Å². The molecule has 9 heteroatoms. The Morgan fingerprint density at radius 2 is 2.11 bits per heavy atom. The summed E-state index contributed by atoms with van der Waals surface area (Å²) in [6, 6.07) is 8.16. The number of morpholine rings is 1. The lowest BCUT2D eigenvalue weighted by Crippen LogP contribution is -2.36. The predicted octanol–water partition coefficient (Wildman–Crippen LogP) is 3.13. The first-order chi connectivity index (χ1) is 13.0. The molecule has 0 bridgehead atoms. The Labute approximate surface area is 160 Å². The molecule has 1 saturated heterocycles. The van der Waals surface area contributed by atoms with Crippen molar-refractivity contribution in [2.45, 2.75) is 0 Å². The molecule has 140 valence electrons. The molecule has 1 aliphatic rings. The third-order valence-electron chi connectivity index (χ3n) is 3.99. The normalized spacial score (nSPS) is 14.3. The van der Waals surface area contributed by atoms with Gasteiger partial charge in [0.05, 0.1) is 23.8 Å². The van der Waals surface area contributed by atoms with E-state index in [1.165, 1.54) is 24.4 Å². The molecule has 2 heterocycles. The smallest absolute Gasteiger partial charge is 0.293 e. The third kappa shape index (κ3) is 4.81. The molecule has 1 amide bonds. The molecule has 0 atom stereocenters. The van der Waals surface area contributed by atoms with E-state index in [4.69, 9.17) is 16.3 Å². The topological polar surface area (TPSA) is 97.6 Å². The van der Waals surface area contributed by atoms with Crippen molar-refractivity contribution >= 4 is 40.6 Å². The van der Waals surface area contributed by atoms with Crippen molar-refractivity contribution in [2.24, 2.45) is 0 Å². The molecule has 8 nitrogen and oxygen atoms in total. The van der Waals surface area contributed by atoms with Gasteiger partial charge in [0.15, 0.2) is 5.15 Å². The zero-order chi connectivity index (χ0) is 19.2. The van der Waals surface area contributed by atoms with Crippen LogP contribution in [0.3, 0.4) is 0 Å². The minimum absolute atomic E-state index is 0.00485. The van der Waals surface area contributed by atoms with Crippen molar-refractivity contribution in [1.82, 2.24) is 4.98 Å². The maximum atomic E-state index is 12.0. The number of anilines is 2. The highest BCUT2D eigenvalue weighted by Crippen LogP contribution is 2.30. The fraction of sp³-hybridized carbons (Fsp3) is 0.222. The first kappa shape index (κ1) is 18.8. The first-order valence-electron chi connectivity index (χ1n) is 8.25. The van der Waals surface area contributed by atoms with Gasteiger partial charge in [0, 0.05) is 31.4 Å². The summed E-state index contributed by atoms with van der Waals surface area (Å²) < 4.78 is 5.29. The van der Waals surface area contributed by atoms with E-state index in [2.05, 4.69) is 10.3 Å². The Morgan fingerprint density at radius 3 is 2.81 bits per heavy atom. The van der Waals surface area contributed by atoms with Gasteiger partial charge in [0.2, 0.25) is 5.91 Å². The second-order valence-electron chi connectivity index (χ2n) is 5.77. The summed E-state index contributed by atoms with van der Waals surface area (Å²) in [5.74, 6) is -0.412. The van der Waals surface area contributed by atoms with Crippen molar-refractivity contribution in [3.8, 4) is 0 Å². The third-order valence-corrected chi connectivity index (χ3v) is 4.29. The van der Waals surface area contributed by atoms with Crippen molar-refractivity contribution in [1.29, 1.82) is 0 Å². The number of rotatable bonds is 5. The molecule has 0 saturated carbocycles. The second kappa shape index (κ2) is 8.61. The molecule has 1 N–H and O–H groups in total. The van der Waals surface area contributed by atoms with Crippen LogP contribution in [0.15, 0.2) is 42.6 Å². The van der Waals surface area contributed by atoms with Gasteiger partial charge < -0.3 is 15.0 Å². The van der Waals surface area contributed by atoms with Gasteiger partial charge in [-0.1, -0.05) is 17.7 Å². The molecule has 2 aromatic rings. The number of nitro groups is 1. The van der Waals surface area contributed by atoms with E-state index in [0.717, 1.165) is 0 Å². The van der Waals surface area contributed by atoms with Crippen molar-refractivity contribution in [3.63, 3.8) is 0 Å². The zero-order valence-electron chi connectivity index (χ0n) is 14.3. The van der Waals surface area contributed by atoms with Gasteiger partial charge in [-0.25, -0.2) is 4.98 Å². The van der Waals surface area contributed by atoms with Crippen LogP contribution < -0.4 is 10.2 Å². The molecule has 0 aliphatic carbocycles. The minimum atomic E-state index is -0.419. The van der Waals surface area contributed by atoms with Crippen molar-refractivity contribution in [2.75, 3.05) is 36.5 Å². The van der Waals surface area contributed by atoms with E-state index in [0.29, 0.717) is 43.2 Å². The lowest BCUT2D eigenvalue weighted by Gasteiger charge is -2.28. The number of halogens is 1. The summed E-state index contributed by atoms with van der Waals surface area (Å²) in [5.41, 5.74) is 1.48. The van der Waals surface area contributed by atoms with Crippen molar-refractivity contribution < 1.29 is 14.5 Å². The van der Waals surface area contributed by atoms with Crippen LogP contribution in [0.2, 0.25) is 5.15 Å². The number of amides is 1. The number of aromatic nitrogens is 1. The fourth-order valence-electron chi connectivity index (χ4n) is 2.69. The van der Waals surface area contributed by atoms with Gasteiger partial charge in [-0.3, -0.25) is 14.9 Å². The molecule has 3 rings (SSSR count). The maximum Gasteiger partial charge on any atom is 0.293 e. The number of pyridine rings is 1. The number of carbonyl (C=O) groups excluding carboxylic acids is 1. The van der Waals surface area contributed by atoms with Crippen LogP contribution in [-0.4, -0.2) is 42.1 Å². The van der Waals surface area contributed by atoms with E-state index in [9.17, 15) is 14.9 Å². The van der Waals surface area contributed by atoms with E-state index >= 15 is 0 Å². The van der Waals surface area contributed by atoms with Gasteiger partial charge in [-0.15, -0.1) is 0 Å². The SMILES string of the molecule is O=C(/C=C/c1ccc(N2CCOCC2)c([N+](=O)[O-])c1)Nc1cccnc1Cl. The van der Waals surface area contributed by atoms with E-state index in [1.807, 2.05) is 4.90 Å². The first-order valence-corrected chi connectivity index (χ1v) is 8.63. The van der Waals surface area contributed by atoms with Crippen LogP contribution in [0, 0.1) is 10.1 Å². The van der Waals surface area contributed by atoms with E-state index in [1.54, 1.807) is 24.3 Å². The lowest BCUT2D eigenvalue weighted by molar-refractivity contribution is -0.384. The summed E-state index contributed by atoms with van der Waals surface area (Å²) in [7, 11) is 0. The van der Waals surface area contributed by atoms with Crippen LogP contribution >= 0.6 is 11.6 Å². The zero-order valence-corrected chi connectivity index (χ0v) is 15.1. The Hall–Kier alpha value is -2.97. The number of nitro benzene ring substituents is 1. The molecule has 1 aromatic heterocycles. The highest BCUT2D eigenvalue weighted by Gasteiger charge is 2.21. The average Bonchev–Trinajstić information content (AvgIpc) is 2.68. The van der Waals surface area contributed by atoms with Gasteiger partial charge in [-0.05, 0) is 29.8 Å². The molecular formula is C18H17ClN4O4. The molecule has 1 fully saturated rings. The summed E-state index contributed by atoms with van der Waals surface area (Å²) in [4.78, 5) is 28.9. The van der Waals surface area contributed by atoms with E-state index < -0.39 is 10.8 Å². The average molecular weight is 389 g/mol. The van der Waals surface area contributed by atoms with Crippen LogP contribution in [0.1, 0.15) is 5.56 Å². The molecule has 0 radical (unpaired) electrons. The number of carbonyl (C=O) groups is 1. The van der Waals surface area contributed by atoms with Crippen molar-refractivity contribution in [3.05, 3.63) is 63.4 Å². The monoisotopic (exact) mass is 388 g/mol. The largest absolute Gasteiger partial charge is 0.378 e. The Morgan fingerprint density at radius 1 is 1.33 bits per heavy atom. The number of nitrogens with zero attached hydrogens (tertiary/aromatic N) is 3. The fourth-order valence-corrected chi connectivity index (χ4v) is 2.85. The Bertz CT molecular complexity index is 881. The van der Waals surface area contributed by atoms with Crippen LogP contribution in [0.5, 0.6) is 0 Å². The lowest BCUT2D eigenvalue weighted by atomic mass is 10.1. The number of hydrogen-bond donors (Lipinski definition) is 1. The highest BCUT2D eigenvalue weighted by molar-refractivity contribution is 6.32. The number of hydrogen-bond acceptors (Lipinski definition) is 6. The number of nitrogens with one attached hydrogen (secondary N) is 1. The molecule has 1 aromatic carbocycles. The predicted molar refractivity (Wildman–Crippen MR) is 103 cm³/mol. The summed E-state index contributed by atoms with van der Waals surface area (Å²) >= 11 is 5.89. The van der Waals surface area contributed by atoms with E-state index in [-0.39, 0.29) is 10.8 Å². The van der Waals surface area contributed by atoms with Crippen LogP contribution in [0.4, 0.5) is 17.1 Å². The summed E-state index contributed by atoms with van der Waals surface area (Å²) in [6.45, 7) is 2.28. The van der Waals surface area contributed by atoms with Gasteiger partial charge in [0.25, 0.3) is 5.69 Å². The molecule has 0 spiro atoms. The molecule has 27 heavy (non-hydrogen) atoms. The number of ether oxygens (including phenoxy) is 1. The highest BCUT2D eigenvalue weighted by atomic mass is 35.5. The summed E-state index contributed by atoms with van der Waals surface area (Å²) in [6.07, 6.45) is 4.31.